The molecule has 0 saturated heterocycles. The summed E-state index contributed by atoms with van der Waals surface area (Å²) in [6, 6.07) is 5.10. The molecule has 1 aromatic carbocycles. The van der Waals surface area contributed by atoms with Crippen LogP contribution in [0.5, 0.6) is 0 Å². The fourth-order valence-corrected chi connectivity index (χ4v) is 0.915. The van der Waals surface area contributed by atoms with Crippen molar-refractivity contribution < 1.29 is 4.79 Å². The Morgan fingerprint density at radius 3 is 3.09 bits per heavy atom. The fraction of sp³-hybridized carbons (Fsp3) is 0. The van der Waals surface area contributed by atoms with Gasteiger partial charge in [0.15, 0.2) is 0 Å². The number of fused-ring (bicyclic) bond motifs is 1. The molecule has 0 spiro atoms. The van der Waals surface area contributed by atoms with Crippen LogP contribution in [-0.4, -0.2) is 5.94 Å². The first-order chi connectivity index (χ1) is 5.42. The van der Waals surface area contributed by atoms with Gasteiger partial charge in [-0.1, -0.05) is 6.07 Å². The van der Waals surface area contributed by atoms with E-state index in [0.717, 1.165) is 0 Å². The third-order valence-electron chi connectivity index (χ3n) is 1.42. The Labute approximate surface area is 61.6 Å². The summed E-state index contributed by atoms with van der Waals surface area (Å²) in [4.78, 5) is 10.3. The van der Waals surface area contributed by atoms with E-state index in [1.165, 1.54) is 0 Å². The highest BCUT2D eigenvalue weighted by molar-refractivity contribution is 5.50. The highest BCUT2D eigenvalue weighted by Gasteiger charge is 2.00. The minimum atomic E-state index is 0.410. The van der Waals surface area contributed by atoms with E-state index >= 15 is 0 Å². The Morgan fingerprint density at radius 1 is 1.36 bits per heavy atom. The first-order valence-electron chi connectivity index (χ1n) is 3.05. The molecule has 0 unspecified atom stereocenters. The van der Waals surface area contributed by atoms with Crippen LogP contribution in [0.15, 0.2) is 33.6 Å². The average Bonchev–Trinajstić information content (AvgIpc) is 2.50. The lowest BCUT2D eigenvalue weighted by Gasteiger charge is -1.82. The largest absolute Gasteiger partial charge is 0.233 e. The zero-order valence-electron chi connectivity index (χ0n) is 5.48. The minimum Gasteiger partial charge on any atom is -0.233 e. The Hall–Kier alpha value is -1.80. The second kappa shape index (κ2) is 2.11. The molecular formula is C7H3N3O. The van der Waals surface area contributed by atoms with Gasteiger partial charge in [0, 0.05) is 0 Å². The lowest BCUT2D eigenvalue weighted by atomic mass is 10.2. The molecule has 0 atom stereocenters. The van der Waals surface area contributed by atoms with Gasteiger partial charge in [-0.2, -0.15) is 0 Å². The highest BCUT2D eigenvalue weighted by atomic mass is 16.1. The van der Waals surface area contributed by atoms with Gasteiger partial charge < -0.3 is 0 Å². The Morgan fingerprint density at radius 2 is 2.27 bits per heavy atom. The van der Waals surface area contributed by atoms with Gasteiger partial charge in [-0.05, 0) is 17.4 Å². The second-order valence-corrected chi connectivity index (χ2v) is 2.06. The highest BCUT2D eigenvalue weighted by Crippen LogP contribution is 2.05. The number of rotatable bonds is 0. The first-order valence-corrected chi connectivity index (χ1v) is 3.05. The molecule has 4 heteroatoms. The van der Waals surface area contributed by atoms with Gasteiger partial charge in [-0.25, -0.2) is 4.79 Å². The molecular weight excluding hydrogens is 142 g/mol. The van der Waals surface area contributed by atoms with E-state index in [2.05, 4.69) is 15.4 Å². The van der Waals surface area contributed by atoms with Crippen LogP contribution in [0.4, 0.5) is 5.69 Å². The molecule has 1 aliphatic heterocycles. The van der Waals surface area contributed by atoms with Crippen molar-refractivity contribution in [2.75, 3.05) is 0 Å². The molecule has 2 rings (SSSR count). The van der Waals surface area contributed by atoms with Crippen LogP contribution in [0, 0.1) is 0 Å². The van der Waals surface area contributed by atoms with Crippen molar-refractivity contribution in [3.05, 3.63) is 28.8 Å². The molecule has 0 fully saturated rings. The monoisotopic (exact) mass is 145 g/mol. The second-order valence-electron chi connectivity index (χ2n) is 2.06. The predicted octanol–water partition coefficient (Wildman–Crippen LogP) is -0.178. The maximum atomic E-state index is 10.3. The number of hydrogen-bond donors (Lipinski definition) is 0. The van der Waals surface area contributed by atoms with Crippen LogP contribution in [0.25, 0.3) is 0 Å². The Balaban J connectivity index is 3.04. The van der Waals surface area contributed by atoms with Crippen molar-refractivity contribution in [3.63, 3.8) is 0 Å². The summed E-state index contributed by atoms with van der Waals surface area (Å²) in [5.74, 6) is 1.76. The molecule has 11 heavy (non-hydrogen) atoms. The third-order valence-corrected chi connectivity index (χ3v) is 1.42. The number of hydrogen-bond acceptors (Lipinski definition) is 4. The average molecular weight is 145 g/mol. The van der Waals surface area contributed by atoms with Crippen LogP contribution >= 0.6 is 0 Å². The molecule has 0 aromatic heterocycles. The van der Waals surface area contributed by atoms with Gasteiger partial charge in [-0.15, -0.1) is 10.2 Å². The SMILES string of the molecule is O=C=c1cccc2c1=NN=N2. The fourth-order valence-electron chi connectivity index (χ4n) is 0.915. The van der Waals surface area contributed by atoms with Crippen molar-refractivity contribution in [2.24, 2.45) is 15.4 Å². The Kier molecular flexibility index (Phi) is 1.14. The number of benzene rings is 1. The molecule has 0 radical (unpaired) electrons. The summed E-state index contributed by atoms with van der Waals surface area (Å²) in [6.45, 7) is 0. The summed E-state index contributed by atoms with van der Waals surface area (Å²) in [5, 5.41) is 11.7. The lowest BCUT2D eigenvalue weighted by molar-refractivity contribution is 0.567. The molecule has 0 saturated carbocycles. The molecule has 1 aliphatic rings. The van der Waals surface area contributed by atoms with Gasteiger partial charge in [-0.3, -0.25) is 0 Å². The van der Waals surface area contributed by atoms with Gasteiger partial charge in [0.25, 0.3) is 0 Å². The molecule has 0 amide bonds. The maximum Gasteiger partial charge on any atom is 0.134 e. The van der Waals surface area contributed by atoms with E-state index in [9.17, 15) is 4.79 Å². The van der Waals surface area contributed by atoms with Crippen molar-refractivity contribution in [1.29, 1.82) is 0 Å². The van der Waals surface area contributed by atoms with Gasteiger partial charge in [0.2, 0.25) is 0 Å². The summed E-state index contributed by atoms with van der Waals surface area (Å²) in [5.41, 5.74) is 0.630. The van der Waals surface area contributed by atoms with E-state index in [-0.39, 0.29) is 0 Å². The third kappa shape index (κ3) is 0.772. The van der Waals surface area contributed by atoms with Crippen LogP contribution in [0.3, 0.4) is 0 Å². The minimum absolute atomic E-state index is 0.410. The van der Waals surface area contributed by atoms with E-state index in [1.54, 1.807) is 24.1 Å². The van der Waals surface area contributed by atoms with E-state index in [4.69, 9.17) is 0 Å². The van der Waals surface area contributed by atoms with Crippen molar-refractivity contribution >= 4 is 11.6 Å². The molecule has 52 valence electrons. The van der Waals surface area contributed by atoms with Crippen LogP contribution < -0.4 is 10.6 Å². The summed E-state index contributed by atoms with van der Waals surface area (Å²) in [7, 11) is 0. The topological polar surface area (TPSA) is 54.1 Å². The number of carbonyl (C=O) groups excluding carboxylic acids is 1. The van der Waals surface area contributed by atoms with Gasteiger partial charge in [0.1, 0.15) is 17.0 Å². The van der Waals surface area contributed by atoms with E-state index < -0.39 is 0 Å². The quantitative estimate of drug-likeness (QED) is 0.499. The molecule has 0 N–H and O–H groups in total. The van der Waals surface area contributed by atoms with Gasteiger partial charge in [0.05, 0.1) is 5.22 Å². The Bertz CT molecular complexity index is 457. The van der Waals surface area contributed by atoms with Crippen LogP contribution in [0.1, 0.15) is 0 Å². The lowest BCUT2D eigenvalue weighted by Crippen LogP contribution is -2.24. The summed E-state index contributed by atoms with van der Waals surface area (Å²) in [6.07, 6.45) is 0. The van der Waals surface area contributed by atoms with Crippen molar-refractivity contribution in [2.45, 2.75) is 0 Å². The van der Waals surface area contributed by atoms with Crippen molar-refractivity contribution in [1.82, 2.24) is 0 Å². The molecule has 0 aliphatic carbocycles. The normalized spacial score (nSPS) is 12.0. The maximum absolute atomic E-state index is 10.3. The van der Waals surface area contributed by atoms with E-state index in [0.29, 0.717) is 16.3 Å². The van der Waals surface area contributed by atoms with Gasteiger partial charge >= 0.3 is 0 Å². The van der Waals surface area contributed by atoms with Crippen LogP contribution in [-0.2, 0) is 4.79 Å². The van der Waals surface area contributed by atoms with Crippen LogP contribution in [0.2, 0.25) is 0 Å². The summed E-state index contributed by atoms with van der Waals surface area (Å²) >= 11 is 0. The predicted molar refractivity (Wildman–Crippen MR) is 36.5 cm³/mol. The molecule has 0 bridgehead atoms. The standard InChI is InChI=1S/C7H3N3O/c11-4-5-2-1-3-6-7(5)9-10-8-6/h1-3H. The molecule has 4 nitrogen and oxygen atoms in total. The summed E-state index contributed by atoms with van der Waals surface area (Å²) < 4.78 is 0. The molecule has 1 heterocycles. The zero-order chi connectivity index (χ0) is 7.68. The first kappa shape index (κ1) is 5.95. The zero-order valence-corrected chi connectivity index (χ0v) is 5.48. The van der Waals surface area contributed by atoms with E-state index in [1.807, 2.05) is 0 Å². The molecule has 1 aromatic rings. The number of nitrogens with zero attached hydrogens (tertiary/aromatic N) is 3. The van der Waals surface area contributed by atoms with Crippen molar-refractivity contribution in [3.8, 4) is 0 Å². The smallest absolute Gasteiger partial charge is 0.134 e.